The third kappa shape index (κ3) is 3.05. The van der Waals surface area contributed by atoms with Crippen molar-refractivity contribution < 1.29 is 0 Å². The van der Waals surface area contributed by atoms with Crippen molar-refractivity contribution in [3.05, 3.63) is 34.9 Å². The highest BCUT2D eigenvalue weighted by molar-refractivity contribution is 7.99. The number of hydrogen-bond donors (Lipinski definition) is 1. The Kier molecular flexibility index (Phi) is 4.52. The molecule has 0 amide bonds. The van der Waals surface area contributed by atoms with Crippen molar-refractivity contribution in [2.45, 2.75) is 33.2 Å². The summed E-state index contributed by atoms with van der Waals surface area (Å²) in [6.07, 6.45) is 1.36. The van der Waals surface area contributed by atoms with E-state index in [2.05, 4.69) is 56.0 Å². The average Bonchev–Trinajstić information content (AvgIpc) is 2.83. The molecule has 1 aliphatic rings. The minimum atomic E-state index is 0.551. The predicted octanol–water partition coefficient (Wildman–Crippen LogP) is 3.71. The van der Waals surface area contributed by atoms with Gasteiger partial charge >= 0.3 is 0 Å². The summed E-state index contributed by atoms with van der Waals surface area (Å²) in [5, 5.41) is 3.70. The van der Waals surface area contributed by atoms with Crippen molar-refractivity contribution >= 4 is 11.8 Å². The molecule has 2 atom stereocenters. The highest BCUT2D eigenvalue weighted by atomic mass is 32.2. The molecule has 17 heavy (non-hydrogen) atoms. The molecule has 2 unspecified atom stereocenters. The molecule has 1 saturated heterocycles. The molecule has 2 rings (SSSR count). The van der Waals surface area contributed by atoms with Gasteiger partial charge < -0.3 is 5.32 Å². The highest BCUT2D eigenvalue weighted by Crippen LogP contribution is 2.35. The Morgan fingerprint density at radius 2 is 2.24 bits per heavy atom. The SMILES string of the molecule is CCNC(c1cc(C)ccc1C)C1CCSC1. The minimum absolute atomic E-state index is 0.551. The van der Waals surface area contributed by atoms with Crippen molar-refractivity contribution in [2.75, 3.05) is 18.1 Å². The normalized spacial score (nSPS) is 21.7. The Labute approximate surface area is 109 Å². The molecule has 0 radical (unpaired) electrons. The second-order valence-electron chi connectivity index (χ2n) is 5.02. The molecule has 1 aromatic carbocycles. The summed E-state index contributed by atoms with van der Waals surface area (Å²) in [6.45, 7) is 7.69. The van der Waals surface area contributed by atoms with Gasteiger partial charge in [-0.3, -0.25) is 0 Å². The third-order valence-electron chi connectivity index (χ3n) is 3.63. The van der Waals surface area contributed by atoms with Crippen molar-refractivity contribution in [3.8, 4) is 0 Å². The van der Waals surface area contributed by atoms with E-state index in [0.29, 0.717) is 6.04 Å². The maximum atomic E-state index is 3.70. The van der Waals surface area contributed by atoms with Gasteiger partial charge in [0.1, 0.15) is 0 Å². The standard InChI is InChI=1S/C15H23NS/c1-4-16-15(13-7-8-17-10-13)14-9-11(2)5-6-12(14)3/h5-6,9,13,15-16H,4,7-8,10H2,1-3H3. The molecular weight excluding hydrogens is 226 g/mol. The van der Waals surface area contributed by atoms with Gasteiger partial charge in [-0.2, -0.15) is 11.8 Å². The van der Waals surface area contributed by atoms with E-state index in [-0.39, 0.29) is 0 Å². The molecule has 1 aromatic rings. The number of hydrogen-bond acceptors (Lipinski definition) is 2. The molecule has 0 saturated carbocycles. The summed E-state index contributed by atoms with van der Waals surface area (Å²) >= 11 is 2.10. The second-order valence-corrected chi connectivity index (χ2v) is 6.17. The smallest absolute Gasteiger partial charge is 0.0359 e. The van der Waals surface area contributed by atoms with E-state index < -0.39 is 0 Å². The van der Waals surface area contributed by atoms with Gasteiger partial charge in [-0.15, -0.1) is 0 Å². The lowest BCUT2D eigenvalue weighted by molar-refractivity contribution is 0.400. The number of nitrogens with one attached hydrogen (secondary N) is 1. The molecular formula is C15H23NS. The maximum absolute atomic E-state index is 3.70. The van der Waals surface area contributed by atoms with Crippen LogP contribution < -0.4 is 5.32 Å². The van der Waals surface area contributed by atoms with Crippen molar-refractivity contribution in [1.82, 2.24) is 5.32 Å². The largest absolute Gasteiger partial charge is 0.310 e. The Morgan fingerprint density at radius 3 is 2.88 bits per heavy atom. The van der Waals surface area contributed by atoms with Crippen LogP contribution in [0.15, 0.2) is 18.2 Å². The van der Waals surface area contributed by atoms with Crippen molar-refractivity contribution in [2.24, 2.45) is 5.92 Å². The highest BCUT2D eigenvalue weighted by Gasteiger charge is 2.26. The fourth-order valence-corrected chi connectivity index (χ4v) is 3.96. The Balaban J connectivity index is 2.27. The summed E-state index contributed by atoms with van der Waals surface area (Å²) < 4.78 is 0. The lowest BCUT2D eigenvalue weighted by Crippen LogP contribution is -2.29. The van der Waals surface area contributed by atoms with Crippen LogP contribution in [0.1, 0.15) is 36.1 Å². The first-order chi connectivity index (χ1) is 8.22. The first kappa shape index (κ1) is 13.0. The van der Waals surface area contributed by atoms with Crippen LogP contribution in [-0.4, -0.2) is 18.1 Å². The Hall–Kier alpha value is -0.470. The molecule has 94 valence electrons. The van der Waals surface area contributed by atoms with Gasteiger partial charge in [0.05, 0.1) is 0 Å². The molecule has 1 nitrogen and oxygen atoms in total. The average molecular weight is 249 g/mol. The number of aryl methyl sites for hydroxylation is 2. The molecule has 1 heterocycles. The molecule has 0 spiro atoms. The maximum Gasteiger partial charge on any atom is 0.0359 e. The molecule has 1 N–H and O–H groups in total. The zero-order valence-corrected chi connectivity index (χ0v) is 11.9. The van der Waals surface area contributed by atoms with Crippen molar-refractivity contribution in [1.29, 1.82) is 0 Å². The van der Waals surface area contributed by atoms with E-state index in [0.717, 1.165) is 12.5 Å². The van der Waals surface area contributed by atoms with Gasteiger partial charge in [0.25, 0.3) is 0 Å². The minimum Gasteiger partial charge on any atom is -0.310 e. The van der Waals surface area contributed by atoms with E-state index in [4.69, 9.17) is 0 Å². The Morgan fingerprint density at radius 1 is 1.41 bits per heavy atom. The lowest BCUT2D eigenvalue weighted by atomic mass is 9.89. The summed E-state index contributed by atoms with van der Waals surface area (Å²) in [5.41, 5.74) is 4.32. The van der Waals surface area contributed by atoms with Crippen LogP contribution in [0.2, 0.25) is 0 Å². The first-order valence-electron chi connectivity index (χ1n) is 6.60. The zero-order valence-electron chi connectivity index (χ0n) is 11.1. The fraction of sp³-hybridized carbons (Fsp3) is 0.600. The van der Waals surface area contributed by atoms with Crippen LogP contribution >= 0.6 is 11.8 Å². The Bertz CT molecular complexity index is 369. The summed E-state index contributed by atoms with van der Waals surface area (Å²) in [6, 6.07) is 7.39. The molecule has 0 aliphatic carbocycles. The van der Waals surface area contributed by atoms with Crippen LogP contribution in [0.3, 0.4) is 0 Å². The van der Waals surface area contributed by atoms with Gasteiger partial charge in [0.2, 0.25) is 0 Å². The summed E-state index contributed by atoms with van der Waals surface area (Å²) in [4.78, 5) is 0. The molecule has 0 aromatic heterocycles. The molecule has 2 heteroatoms. The van der Waals surface area contributed by atoms with Crippen LogP contribution in [-0.2, 0) is 0 Å². The number of benzene rings is 1. The topological polar surface area (TPSA) is 12.0 Å². The quantitative estimate of drug-likeness (QED) is 0.873. The van der Waals surface area contributed by atoms with Crippen LogP contribution in [0.5, 0.6) is 0 Å². The van der Waals surface area contributed by atoms with Crippen LogP contribution in [0, 0.1) is 19.8 Å². The van der Waals surface area contributed by atoms with E-state index in [1.54, 1.807) is 0 Å². The van der Waals surface area contributed by atoms with E-state index >= 15 is 0 Å². The van der Waals surface area contributed by atoms with Crippen LogP contribution in [0.4, 0.5) is 0 Å². The van der Waals surface area contributed by atoms with E-state index in [1.807, 2.05) is 0 Å². The summed E-state index contributed by atoms with van der Waals surface area (Å²) in [7, 11) is 0. The van der Waals surface area contributed by atoms with Crippen molar-refractivity contribution in [3.63, 3.8) is 0 Å². The third-order valence-corrected chi connectivity index (χ3v) is 4.82. The summed E-state index contributed by atoms with van der Waals surface area (Å²) in [5.74, 6) is 3.45. The van der Waals surface area contributed by atoms with E-state index in [1.165, 1.54) is 34.6 Å². The van der Waals surface area contributed by atoms with Crippen LogP contribution in [0.25, 0.3) is 0 Å². The van der Waals surface area contributed by atoms with Gasteiger partial charge in [0, 0.05) is 6.04 Å². The first-order valence-corrected chi connectivity index (χ1v) is 7.76. The zero-order chi connectivity index (χ0) is 12.3. The van der Waals surface area contributed by atoms with Gasteiger partial charge in [-0.05, 0) is 55.4 Å². The number of thioether (sulfide) groups is 1. The lowest BCUT2D eigenvalue weighted by Gasteiger charge is -2.26. The van der Waals surface area contributed by atoms with Gasteiger partial charge in [0.15, 0.2) is 0 Å². The molecule has 1 aliphatic heterocycles. The molecule has 1 fully saturated rings. The number of rotatable bonds is 4. The van der Waals surface area contributed by atoms with Gasteiger partial charge in [-0.1, -0.05) is 30.7 Å². The molecule has 0 bridgehead atoms. The van der Waals surface area contributed by atoms with E-state index in [9.17, 15) is 0 Å². The fourth-order valence-electron chi connectivity index (χ4n) is 2.66. The predicted molar refractivity (Wildman–Crippen MR) is 77.8 cm³/mol. The van der Waals surface area contributed by atoms with Gasteiger partial charge in [-0.25, -0.2) is 0 Å². The second kappa shape index (κ2) is 5.92. The monoisotopic (exact) mass is 249 g/mol.